The number of para-hydroxylation sites is 1. The highest BCUT2D eigenvalue weighted by Gasteiger charge is 2.40. The second kappa shape index (κ2) is 10.3. The van der Waals surface area contributed by atoms with Gasteiger partial charge in [0.25, 0.3) is 0 Å². The summed E-state index contributed by atoms with van der Waals surface area (Å²) in [5.41, 5.74) is 16.1. The zero-order valence-corrected chi connectivity index (χ0v) is 31.5. The summed E-state index contributed by atoms with van der Waals surface area (Å²) >= 11 is 0. The molecule has 11 rings (SSSR count). The van der Waals surface area contributed by atoms with Gasteiger partial charge >= 0.3 is 0 Å². The monoisotopic (exact) mass is 684 g/mol. The fourth-order valence-electron chi connectivity index (χ4n) is 10.4. The minimum atomic E-state index is -0.0822. The van der Waals surface area contributed by atoms with E-state index in [0.29, 0.717) is 0 Å². The van der Waals surface area contributed by atoms with E-state index in [1.165, 1.54) is 112 Å². The Hall–Kier alpha value is -5.60. The first-order valence-electron chi connectivity index (χ1n) is 19.3. The number of benzene rings is 7. The third kappa shape index (κ3) is 4.04. The van der Waals surface area contributed by atoms with Crippen molar-refractivity contribution < 1.29 is 0 Å². The number of fused-ring (bicyclic) bond motifs is 12. The van der Waals surface area contributed by atoms with Crippen molar-refractivity contribution in [1.82, 2.24) is 9.13 Å². The van der Waals surface area contributed by atoms with Crippen molar-refractivity contribution in [2.45, 2.75) is 70.6 Å². The van der Waals surface area contributed by atoms with Gasteiger partial charge in [-0.3, -0.25) is 0 Å². The van der Waals surface area contributed by atoms with Crippen LogP contribution in [0.2, 0.25) is 0 Å². The van der Waals surface area contributed by atoms with E-state index in [1.54, 1.807) is 0 Å². The van der Waals surface area contributed by atoms with Crippen molar-refractivity contribution >= 4 is 54.4 Å². The van der Waals surface area contributed by atoms with E-state index in [1.807, 2.05) is 0 Å². The van der Waals surface area contributed by atoms with Gasteiger partial charge in [0.15, 0.2) is 0 Å². The van der Waals surface area contributed by atoms with E-state index in [4.69, 9.17) is 0 Å². The quantitative estimate of drug-likeness (QED) is 0.172. The van der Waals surface area contributed by atoms with Crippen molar-refractivity contribution in [1.29, 1.82) is 0 Å². The molecule has 2 heterocycles. The van der Waals surface area contributed by atoms with E-state index in [9.17, 15) is 0 Å². The highest BCUT2D eigenvalue weighted by molar-refractivity contribution is 6.25. The zero-order valence-electron chi connectivity index (χ0n) is 31.5. The molecule has 2 aliphatic carbocycles. The van der Waals surface area contributed by atoms with Crippen LogP contribution < -0.4 is 0 Å². The predicted molar refractivity (Wildman–Crippen MR) is 225 cm³/mol. The molecule has 0 unspecified atom stereocenters. The van der Waals surface area contributed by atoms with Crippen LogP contribution in [0.15, 0.2) is 133 Å². The highest BCUT2D eigenvalue weighted by atomic mass is 15.0. The van der Waals surface area contributed by atoms with Crippen molar-refractivity contribution in [3.05, 3.63) is 156 Å². The fourth-order valence-corrected chi connectivity index (χ4v) is 10.4. The van der Waals surface area contributed by atoms with Gasteiger partial charge in [-0.2, -0.15) is 0 Å². The molecule has 7 aromatic carbocycles. The first-order valence-corrected chi connectivity index (χ1v) is 19.3. The van der Waals surface area contributed by atoms with Crippen LogP contribution in [0.5, 0.6) is 0 Å². The van der Waals surface area contributed by atoms with Crippen molar-refractivity contribution in [2.75, 3.05) is 0 Å². The molecule has 0 atom stereocenters. The van der Waals surface area contributed by atoms with E-state index >= 15 is 0 Å². The first-order chi connectivity index (χ1) is 25.5. The van der Waals surface area contributed by atoms with Gasteiger partial charge in [0.1, 0.15) is 0 Å². The molecule has 2 nitrogen and oxygen atoms in total. The van der Waals surface area contributed by atoms with Gasteiger partial charge in [-0.05, 0) is 111 Å². The summed E-state index contributed by atoms with van der Waals surface area (Å²) in [6, 6.07) is 50.7. The van der Waals surface area contributed by atoms with Crippen molar-refractivity contribution in [3.8, 4) is 22.5 Å². The zero-order chi connectivity index (χ0) is 36.0. The Morgan fingerprint density at radius 3 is 1.87 bits per heavy atom. The highest BCUT2D eigenvalue weighted by Crippen LogP contribution is 2.53. The third-order valence-corrected chi connectivity index (χ3v) is 13.4. The predicted octanol–water partition coefficient (Wildman–Crippen LogP) is 13.7. The van der Waals surface area contributed by atoms with E-state index < -0.39 is 0 Å². The number of aromatic nitrogens is 2. The smallest absolute Gasteiger partial charge is 0.0549 e. The summed E-state index contributed by atoms with van der Waals surface area (Å²) in [6.07, 6.45) is 2.37. The third-order valence-electron chi connectivity index (χ3n) is 13.4. The summed E-state index contributed by atoms with van der Waals surface area (Å²) in [7, 11) is 0. The van der Waals surface area contributed by atoms with Gasteiger partial charge in [0, 0.05) is 38.2 Å². The Bertz CT molecular complexity index is 3020. The minimum Gasteiger partial charge on any atom is -0.309 e. The van der Waals surface area contributed by atoms with Gasteiger partial charge in [0.2, 0.25) is 0 Å². The van der Waals surface area contributed by atoms with Gasteiger partial charge in [-0.25, -0.2) is 0 Å². The molecule has 0 amide bonds. The summed E-state index contributed by atoms with van der Waals surface area (Å²) in [5.74, 6) is 0. The second-order valence-electron chi connectivity index (χ2n) is 17.6. The lowest BCUT2D eigenvalue weighted by Crippen LogP contribution is -2.33. The lowest BCUT2D eigenvalue weighted by atomic mass is 9.63. The number of rotatable bonds is 2. The maximum absolute atomic E-state index is 2.63. The van der Waals surface area contributed by atoms with Crippen LogP contribution in [0.25, 0.3) is 76.9 Å². The van der Waals surface area contributed by atoms with Crippen LogP contribution >= 0.6 is 0 Å². The molecule has 0 spiro atoms. The molecule has 2 aliphatic rings. The van der Waals surface area contributed by atoms with Crippen LogP contribution in [0.3, 0.4) is 0 Å². The van der Waals surface area contributed by atoms with Crippen LogP contribution in [-0.2, 0) is 16.2 Å². The summed E-state index contributed by atoms with van der Waals surface area (Å²) < 4.78 is 5.13. The Labute approximate surface area is 311 Å². The molecule has 53 heavy (non-hydrogen) atoms. The van der Waals surface area contributed by atoms with Crippen LogP contribution in [0, 0.1) is 0 Å². The topological polar surface area (TPSA) is 9.86 Å². The molecule has 0 fully saturated rings. The molecular weight excluding hydrogens is 641 g/mol. The molecule has 258 valence electrons. The van der Waals surface area contributed by atoms with E-state index in [0.717, 1.165) is 0 Å². The maximum Gasteiger partial charge on any atom is 0.0549 e. The van der Waals surface area contributed by atoms with Crippen LogP contribution in [0.1, 0.15) is 76.6 Å². The normalized spacial score (nSPS) is 16.8. The minimum absolute atomic E-state index is 0.0822. The molecule has 0 aliphatic heterocycles. The molecule has 9 aromatic rings. The average Bonchev–Trinajstić information content (AvgIpc) is 3.75. The van der Waals surface area contributed by atoms with Crippen LogP contribution in [-0.4, -0.2) is 9.13 Å². The molecule has 0 bridgehead atoms. The van der Waals surface area contributed by atoms with Gasteiger partial charge in [-0.15, -0.1) is 0 Å². The standard InChI is InChI=1S/C51H44N2/c1-49(2)25-26-50(3,4)41-30-46-35(27-40(41)49)36-28-45-37(47-33-18-11-10-15-31(33)23-24-43(47)52(45)32-16-8-7-9-17-32)29-44(36)53(46)42-22-14-21-39-48(42)34-19-12-13-20-38(34)51(39,5)6/h7-24,27-30H,25-26H2,1-6H3. The maximum atomic E-state index is 2.63. The first kappa shape index (κ1) is 31.0. The summed E-state index contributed by atoms with van der Waals surface area (Å²) in [6.45, 7) is 14.6. The van der Waals surface area contributed by atoms with Crippen LogP contribution in [0.4, 0.5) is 0 Å². The second-order valence-corrected chi connectivity index (χ2v) is 17.6. The lowest BCUT2D eigenvalue weighted by molar-refractivity contribution is 0.332. The number of hydrogen-bond donors (Lipinski definition) is 0. The van der Waals surface area contributed by atoms with Gasteiger partial charge in [0.05, 0.1) is 27.8 Å². The number of hydrogen-bond acceptors (Lipinski definition) is 0. The average molecular weight is 685 g/mol. The fraction of sp³-hybridized carbons (Fsp3) is 0.216. The summed E-state index contributed by atoms with van der Waals surface area (Å²) in [5, 5.41) is 7.81. The molecular formula is C51H44N2. The van der Waals surface area contributed by atoms with Gasteiger partial charge < -0.3 is 9.13 Å². The Morgan fingerprint density at radius 1 is 0.434 bits per heavy atom. The van der Waals surface area contributed by atoms with Gasteiger partial charge in [-0.1, -0.05) is 126 Å². The number of nitrogens with zero attached hydrogens (tertiary/aromatic N) is 2. The van der Waals surface area contributed by atoms with Crippen molar-refractivity contribution in [3.63, 3.8) is 0 Å². The molecule has 0 N–H and O–H groups in total. The largest absolute Gasteiger partial charge is 0.309 e. The molecule has 2 heteroatoms. The lowest BCUT2D eigenvalue weighted by Gasteiger charge is -2.42. The van der Waals surface area contributed by atoms with E-state index in [2.05, 4.69) is 184 Å². The summed E-state index contributed by atoms with van der Waals surface area (Å²) in [4.78, 5) is 0. The molecule has 0 saturated heterocycles. The van der Waals surface area contributed by atoms with E-state index in [-0.39, 0.29) is 16.2 Å². The molecule has 2 aromatic heterocycles. The molecule has 0 radical (unpaired) electrons. The Kier molecular flexibility index (Phi) is 6.01. The SMILES string of the molecule is CC1(C)CCC(C)(C)c2cc3c(cc21)c1cc2c(cc1n3-c1cccc3c1-c1ccccc1C3(C)C)c1c3ccccc3ccc1n2-c1ccccc1. The Morgan fingerprint density at radius 2 is 1.06 bits per heavy atom. The Balaban J connectivity index is 1.37. The molecule has 0 saturated carbocycles. The van der Waals surface area contributed by atoms with Crippen molar-refractivity contribution in [2.24, 2.45) is 0 Å².